The van der Waals surface area contributed by atoms with Crippen molar-refractivity contribution in [1.82, 2.24) is 5.32 Å². The largest absolute Gasteiger partial charge is 0.497 e. The molecule has 7 nitrogen and oxygen atoms in total. The Balaban J connectivity index is 2.21. The molecule has 0 radical (unpaired) electrons. The zero-order valence-corrected chi connectivity index (χ0v) is 14.1. The van der Waals surface area contributed by atoms with Crippen LogP contribution in [-0.2, 0) is 14.3 Å². The number of ether oxygens (including phenoxy) is 3. The van der Waals surface area contributed by atoms with E-state index in [4.69, 9.17) is 14.2 Å². The van der Waals surface area contributed by atoms with E-state index in [0.29, 0.717) is 23.5 Å². The van der Waals surface area contributed by atoms with Gasteiger partial charge in [-0.25, -0.2) is 0 Å². The second kappa shape index (κ2) is 8.01. The summed E-state index contributed by atoms with van der Waals surface area (Å²) in [6, 6.07) is 4.34. The Bertz CT molecular complexity index is 603. The van der Waals surface area contributed by atoms with E-state index in [9.17, 15) is 14.7 Å². The van der Waals surface area contributed by atoms with Crippen LogP contribution in [0.5, 0.6) is 11.5 Å². The number of carbonyl (C=O) groups excluding carboxylic acids is 1. The molecule has 0 aliphatic carbocycles. The molecule has 1 aromatic rings. The molecule has 1 aliphatic rings. The van der Waals surface area contributed by atoms with Crippen LogP contribution in [0.15, 0.2) is 18.2 Å². The number of carboxylic acid groups (broad SMARTS) is 1. The van der Waals surface area contributed by atoms with E-state index >= 15 is 0 Å². The third kappa shape index (κ3) is 4.38. The van der Waals surface area contributed by atoms with E-state index in [0.717, 1.165) is 6.42 Å². The second-order valence-corrected chi connectivity index (χ2v) is 5.78. The van der Waals surface area contributed by atoms with Gasteiger partial charge in [0.2, 0.25) is 5.91 Å². The van der Waals surface area contributed by atoms with Gasteiger partial charge < -0.3 is 24.6 Å². The lowest BCUT2D eigenvalue weighted by Gasteiger charge is -2.22. The zero-order chi connectivity index (χ0) is 17.7. The van der Waals surface area contributed by atoms with Crippen LogP contribution in [0.1, 0.15) is 37.8 Å². The van der Waals surface area contributed by atoms with Gasteiger partial charge in [0.15, 0.2) is 0 Å². The van der Waals surface area contributed by atoms with Gasteiger partial charge in [0.1, 0.15) is 17.6 Å². The van der Waals surface area contributed by atoms with E-state index in [2.05, 4.69) is 5.32 Å². The summed E-state index contributed by atoms with van der Waals surface area (Å²) < 4.78 is 16.0. The minimum absolute atomic E-state index is 0.0363. The molecule has 3 unspecified atom stereocenters. The molecular formula is C17H23NO6. The van der Waals surface area contributed by atoms with E-state index in [1.165, 1.54) is 14.2 Å². The molecule has 1 amide bonds. The van der Waals surface area contributed by atoms with Gasteiger partial charge in [-0.1, -0.05) is 0 Å². The number of carbonyl (C=O) groups is 2. The fourth-order valence-electron chi connectivity index (χ4n) is 2.78. The molecule has 1 heterocycles. The van der Waals surface area contributed by atoms with Gasteiger partial charge in [0.25, 0.3) is 0 Å². The summed E-state index contributed by atoms with van der Waals surface area (Å²) in [4.78, 5) is 23.6. The number of amides is 1. The average molecular weight is 337 g/mol. The number of nitrogens with one attached hydrogen (secondary N) is 1. The first-order valence-corrected chi connectivity index (χ1v) is 7.84. The summed E-state index contributed by atoms with van der Waals surface area (Å²) in [7, 11) is 3.02. The molecule has 0 aromatic heterocycles. The molecule has 3 atom stereocenters. The van der Waals surface area contributed by atoms with Crippen molar-refractivity contribution in [3.05, 3.63) is 23.8 Å². The van der Waals surface area contributed by atoms with Crippen LogP contribution >= 0.6 is 0 Å². The van der Waals surface area contributed by atoms with Crippen LogP contribution in [0.25, 0.3) is 0 Å². The van der Waals surface area contributed by atoms with E-state index in [-0.39, 0.29) is 18.4 Å². The third-order valence-corrected chi connectivity index (χ3v) is 4.04. The number of methoxy groups -OCH3 is 2. The van der Waals surface area contributed by atoms with Gasteiger partial charge in [-0.05, 0) is 31.9 Å². The van der Waals surface area contributed by atoms with Crippen molar-refractivity contribution >= 4 is 11.9 Å². The number of aliphatic carboxylic acids is 1. The highest BCUT2D eigenvalue weighted by molar-refractivity contribution is 5.82. The molecule has 1 fully saturated rings. The topological polar surface area (TPSA) is 94.1 Å². The first-order chi connectivity index (χ1) is 11.4. The SMILES string of the molecule is COc1ccc(C(CC(=O)O)NC(=O)C2CCC(C)O2)c(OC)c1. The van der Waals surface area contributed by atoms with Crippen LogP contribution in [0.2, 0.25) is 0 Å². The Labute approximate surface area is 140 Å². The Morgan fingerprint density at radius 2 is 2.08 bits per heavy atom. The number of benzene rings is 1. The Morgan fingerprint density at radius 1 is 1.33 bits per heavy atom. The lowest BCUT2D eigenvalue weighted by Crippen LogP contribution is -2.38. The maximum Gasteiger partial charge on any atom is 0.305 e. The lowest BCUT2D eigenvalue weighted by molar-refractivity contribution is -0.138. The van der Waals surface area contributed by atoms with Gasteiger partial charge >= 0.3 is 5.97 Å². The highest BCUT2D eigenvalue weighted by Gasteiger charge is 2.31. The second-order valence-electron chi connectivity index (χ2n) is 5.78. The fourth-order valence-corrected chi connectivity index (χ4v) is 2.78. The summed E-state index contributed by atoms with van der Waals surface area (Å²) in [6.07, 6.45) is 0.686. The first kappa shape index (κ1) is 18.1. The number of hydrogen-bond acceptors (Lipinski definition) is 5. The predicted octanol–water partition coefficient (Wildman–Crippen LogP) is 1.90. The minimum atomic E-state index is -1.01. The van der Waals surface area contributed by atoms with Crippen molar-refractivity contribution in [3.63, 3.8) is 0 Å². The van der Waals surface area contributed by atoms with Gasteiger partial charge in [0, 0.05) is 11.6 Å². The van der Waals surface area contributed by atoms with E-state index in [1.54, 1.807) is 18.2 Å². The third-order valence-electron chi connectivity index (χ3n) is 4.04. The van der Waals surface area contributed by atoms with Crippen molar-refractivity contribution in [1.29, 1.82) is 0 Å². The highest BCUT2D eigenvalue weighted by atomic mass is 16.5. The summed E-state index contributed by atoms with van der Waals surface area (Å²) >= 11 is 0. The summed E-state index contributed by atoms with van der Waals surface area (Å²) in [6.45, 7) is 1.91. The predicted molar refractivity (Wildman–Crippen MR) is 86.3 cm³/mol. The molecule has 0 spiro atoms. The quantitative estimate of drug-likeness (QED) is 0.789. The molecule has 24 heavy (non-hydrogen) atoms. The molecule has 1 aromatic carbocycles. The molecule has 1 saturated heterocycles. The molecule has 2 rings (SSSR count). The Kier molecular flexibility index (Phi) is 6.03. The first-order valence-electron chi connectivity index (χ1n) is 7.84. The zero-order valence-electron chi connectivity index (χ0n) is 14.1. The maximum atomic E-state index is 12.4. The molecule has 0 saturated carbocycles. The average Bonchev–Trinajstić information content (AvgIpc) is 2.99. The van der Waals surface area contributed by atoms with Gasteiger partial charge in [-0.2, -0.15) is 0 Å². The molecule has 2 N–H and O–H groups in total. The van der Waals surface area contributed by atoms with Crippen molar-refractivity contribution in [3.8, 4) is 11.5 Å². The number of rotatable bonds is 7. The number of hydrogen-bond donors (Lipinski definition) is 2. The van der Waals surface area contributed by atoms with E-state index < -0.39 is 18.1 Å². The van der Waals surface area contributed by atoms with Gasteiger partial charge in [0.05, 0.1) is 32.8 Å². The summed E-state index contributed by atoms with van der Waals surface area (Å²) in [5, 5.41) is 12.0. The maximum absolute atomic E-state index is 12.4. The normalized spacial score (nSPS) is 21.1. The smallest absolute Gasteiger partial charge is 0.305 e. The Morgan fingerprint density at radius 3 is 2.62 bits per heavy atom. The molecule has 1 aliphatic heterocycles. The molecular weight excluding hydrogens is 314 g/mol. The van der Waals surface area contributed by atoms with Crippen molar-refractivity contribution < 1.29 is 28.9 Å². The lowest BCUT2D eigenvalue weighted by atomic mass is 10.0. The van der Waals surface area contributed by atoms with Crippen molar-refractivity contribution in [2.45, 2.75) is 44.4 Å². The standard InChI is InChI=1S/C17H23NO6/c1-10-4-7-14(24-10)17(21)18-13(9-16(19)20)12-6-5-11(22-2)8-15(12)23-3/h5-6,8,10,13-14H,4,7,9H2,1-3H3,(H,18,21)(H,19,20). The number of carboxylic acids is 1. The summed E-state index contributed by atoms with van der Waals surface area (Å²) in [5.41, 5.74) is 0.583. The van der Waals surface area contributed by atoms with Crippen LogP contribution in [-0.4, -0.2) is 43.4 Å². The molecule has 7 heteroatoms. The minimum Gasteiger partial charge on any atom is -0.497 e. The Hall–Kier alpha value is -2.28. The van der Waals surface area contributed by atoms with Gasteiger partial charge in [-0.3, -0.25) is 9.59 Å². The van der Waals surface area contributed by atoms with Crippen LogP contribution in [0, 0.1) is 0 Å². The molecule has 132 valence electrons. The van der Waals surface area contributed by atoms with Crippen LogP contribution in [0.4, 0.5) is 0 Å². The van der Waals surface area contributed by atoms with Crippen molar-refractivity contribution in [2.75, 3.05) is 14.2 Å². The highest BCUT2D eigenvalue weighted by Crippen LogP contribution is 2.31. The van der Waals surface area contributed by atoms with Crippen LogP contribution in [0.3, 0.4) is 0 Å². The van der Waals surface area contributed by atoms with Gasteiger partial charge in [-0.15, -0.1) is 0 Å². The molecule has 0 bridgehead atoms. The van der Waals surface area contributed by atoms with E-state index in [1.807, 2.05) is 6.92 Å². The fraction of sp³-hybridized carbons (Fsp3) is 0.529. The monoisotopic (exact) mass is 337 g/mol. The van der Waals surface area contributed by atoms with Crippen molar-refractivity contribution in [2.24, 2.45) is 0 Å². The van der Waals surface area contributed by atoms with Crippen LogP contribution < -0.4 is 14.8 Å². The summed E-state index contributed by atoms with van der Waals surface area (Å²) in [5.74, 6) is -0.270.